The van der Waals surface area contributed by atoms with Crippen LogP contribution in [0.15, 0.2) is 42.6 Å². The van der Waals surface area contributed by atoms with E-state index in [1.807, 2.05) is 0 Å². The van der Waals surface area contributed by atoms with Crippen LogP contribution in [0.3, 0.4) is 0 Å². The molecular formula is C22H18ClN3O5. The van der Waals surface area contributed by atoms with Crippen molar-refractivity contribution in [3.8, 4) is 29.2 Å². The van der Waals surface area contributed by atoms with Gasteiger partial charge in [0.15, 0.2) is 5.88 Å². The van der Waals surface area contributed by atoms with Gasteiger partial charge in [-0.3, -0.25) is 10.1 Å². The summed E-state index contributed by atoms with van der Waals surface area (Å²) in [5.41, 5.74) is -1.16. The van der Waals surface area contributed by atoms with Crippen LogP contribution in [0, 0.1) is 11.8 Å². The minimum atomic E-state index is -1.61. The first-order valence-corrected chi connectivity index (χ1v) is 9.59. The Bertz CT molecular complexity index is 1270. The fourth-order valence-electron chi connectivity index (χ4n) is 3.41. The van der Waals surface area contributed by atoms with Crippen LogP contribution in [0.2, 0.25) is 5.02 Å². The molecule has 3 aromatic rings. The molecule has 4 rings (SSSR count). The van der Waals surface area contributed by atoms with Gasteiger partial charge in [0.1, 0.15) is 11.5 Å². The molecule has 158 valence electrons. The second-order valence-electron chi connectivity index (χ2n) is 6.94. The van der Waals surface area contributed by atoms with E-state index in [-0.39, 0.29) is 12.4 Å². The summed E-state index contributed by atoms with van der Waals surface area (Å²) >= 11 is 6.06. The lowest BCUT2D eigenvalue weighted by atomic mass is 9.99. The maximum Gasteiger partial charge on any atom is 0.323 e. The zero-order valence-electron chi connectivity index (χ0n) is 16.7. The number of rotatable bonds is 4. The van der Waals surface area contributed by atoms with Crippen molar-refractivity contribution in [3.63, 3.8) is 0 Å². The van der Waals surface area contributed by atoms with Gasteiger partial charge in [0.25, 0.3) is 5.91 Å². The lowest BCUT2D eigenvalue weighted by molar-refractivity contribution is -0.122. The molecule has 0 bridgehead atoms. The number of nitrogens with zero attached hydrogens (tertiary/aromatic N) is 1. The molecule has 0 spiro atoms. The Morgan fingerprint density at radius 2 is 1.97 bits per heavy atom. The van der Waals surface area contributed by atoms with Crippen LogP contribution in [0.5, 0.6) is 17.4 Å². The van der Waals surface area contributed by atoms with Crippen molar-refractivity contribution < 1.29 is 24.2 Å². The summed E-state index contributed by atoms with van der Waals surface area (Å²) in [4.78, 5) is 24.7. The molecule has 1 atom stereocenters. The third kappa shape index (κ3) is 3.71. The average Bonchev–Trinajstić information content (AvgIpc) is 3.21. The van der Waals surface area contributed by atoms with Crippen LogP contribution in [0.4, 0.5) is 4.79 Å². The SMILES string of the molecule is COc1ccc2cn(C[C@@]3(C#Cc4cc(Cl)ccc4OC)NC(=O)NC3=O)c(O)c2c1. The Balaban J connectivity index is 1.78. The quantitative estimate of drug-likeness (QED) is 0.428. The molecule has 2 heterocycles. The summed E-state index contributed by atoms with van der Waals surface area (Å²) in [6.45, 7) is -0.122. The van der Waals surface area contributed by atoms with Crippen molar-refractivity contribution in [3.05, 3.63) is 53.2 Å². The number of imide groups is 1. The second-order valence-corrected chi connectivity index (χ2v) is 7.38. The number of aromatic hydroxyl groups is 1. The molecule has 0 unspecified atom stereocenters. The van der Waals surface area contributed by atoms with E-state index in [0.29, 0.717) is 27.5 Å². The highest BCUT2D eigenvalue weighted by molar-refractivity contribution is 6.30. The van der Waals surface area contributed by atoms with Gasteiger partial charge in [-0.1, -0.05) is 23.4 Å². The van der Waals surface area contributed by atoms with E-state index in [9.17, 15) is 14.7 Å². The van der Waals surface area contributed by atoms with Gasteiger partial charge in [-0.2, -0.15) is 0 Å². The van der Waals surface area contributed by atoms with Crippen LogP contribution < -0.4 is 20.1 Å². The lowest BCUT2D eigenvalue weighted by Crippen LogP contribution is -2.49. The number of benzene rings is 2. The van der Waals surface area contributed by atoms with Gasteiger partial charge in [-0.15, -0.1) is 0 Å². The highest BCUT2D eigenvalue weighted by Crippen LogP contribution is 2.32. The smallest absolute Gasteiger partial charge is 0.323 e. The first-order valence-electron chi connectivity index (χ1n) is 9.21. The Morgan fingerprint density at radius 1 is 1.16 bits per heavy atom. The summed E-state index contributed by atoms with van der Waals surface area (Å²) in [6.07, 6.45) is 1.67. The molecular weight excluding hydrogens is 422 g/mol. The predicted molar refractivity (Wildman–Crippen MR) is 114 cm³/mol. The molecule has 1 fully saturated rings. The number of ether oxygens (including phenoxy) is 2. The van der Waals surface area contributed by atoms with Crippen molar-refractivity contribution >= 4 is 34.3 Å². The third-order valence-electron chi connectivity index (χ3n) is 4.99. The Kier molecular flexibility index (Phi) is 5.13. The number of methoxy groups -OCH3 is 2. The van der Waals surface area contributed by atoms with E-state index in [4.69, 9.17) is 21.1 Å². The minimum absolute atomic E-state index is 0.0793. The van der Waals surface area contributed by atoms with Crippen molar-refractivity contribution in [1.82, 2.24) is 15.2 Å². The highest BCUT2D eigenvalue weighted by Gasteiger charge is 2.46. The van der Waals surface area contributed by atoms with Gasteiger partial charge in [0.2, 0.25) is 5.54 Å². The standard InChI is InChI=1S/C22H18ClN3O5/c1-30-16-5-3-14-11-26(19(27)17(14)10-16)12-22(20(28)24-21(29)25-22)8-7-13-9-15(23)4-6-18(13)31-2/h3-6,9-11,27H,12H2,1-2H3,(H2,24,25,28,29)/t22-/m1/s1. The highest BCUT2D eigenvalue weighted by atomic mass is 35.5. The van der Waals surface area contributed by atoms with Gasteiger partial charge in [0.05, 0.1) is 26.3 Å². The molecule has 1 aliphatic heterocycles. The van der Waals surface area contributed by atoms with Crippen molar-refractivity contribution in [2.75, 3.05) is 14.2 Å². The van der Waals surface area contributed by atoms with Crippen molar-refractivity contribution in [2.45, 2.75) is 12.1 Å². The molecule has 1 aliphatic rings. The van der Waals surface area contributed by atoms with Gasteiger partial charge in [-0.05, 0) is 36.4 Å². The number of nitrogens with one attached hydrogen (secondary N) is 2. The average molecular weight is 440 g/mol. The van der Waals surface area contributed by atoms with Crippen LogP contribution in [0.1, 0.15) is 5.56 Å². The van der Waals surface area contributed by atoms with E-state index in [0.717, 1.165) is 5.39 Å². The van der Waals surface area contributed by atoms with Gasteiger partial charge >= 0.3 is 6.03 Å². The van der Waals surface area contributed by atoms with Crippen molar-refractivity contribution in [1.29, 1.82) is 0 Å². The summed E-state index contributed by atoms with van der Waals surface area (Å²) in [7, 11) is 3.02. The predicted octanol–water partition coefficient (Wildman–Crippen LogP) is 2.65. The zero-order chi connectivity index (χ0) is 22.2. The van der Waals surface area contributed by atoms with E-state index in [2.05, 4.69) is 22.5 Å². The summed E-state index contributed by atoms with van der Waals surface area (Å²) in [5, 5.41) is 17.2. The Labute approximate surface area is 182 Å². The summed E-state index contributed by atoms with van der Waals surface area (Å²) in [5.74, 6) is 6.07. The van der Waals surface area contributed by atoms with Crippen LogP contribution in [-0.4, -0.2) is 41.4 Å². The maximum atomic E-state index is 12.7. The molecule has 31 heavy (non-hydrogen) atoms. The van der Waals surface area contributed by atoms with Crippen LogP contribution in [0.25, 0.3) is 10.8 Å². The van der Waals surface area contributed by atoms with Gasteiger partial charge < -0.3 is 24.5 Å². The Morgan fingerprint density at radius 3 is 2.65 bits per heavy atom. The molecule has 3 amide bonds. The van der Waals surface area contributed by atoms with E-state index in [1.165, 1.54) is 18.8 Å². The van der Waals surface area contributed by atoms with Crippen molar-refractivity contribution in [2.24, 2.45) is 0 Å². The fourth-order valence-corrected chi connectivity index (χ4v) is 3.58. The molecule has 2 aromatic carbocycles. The number of hydrogen-bond donors (Lipinski definition) is 3. The van der Waals surface area contributed by atoms with Gasteiger partial charge in [0, 0.05) is 22.0 Å². The summed E-state index contributed by atoms with van der Waals surface area (Å²) < 4.78 is 12.0. The number of fused-ring (bicyclic) bond motifs is 1. The summed E-state index contributed by atoms with van der Waals surface area (Å²) in [6, 6.07) is 9.47. The normalized spacial score (nSPS) is 17.6. The van der Waals surface area contributed by atoms with Gasteiger partial charge in [-0.25, -0.2) is 4.79 Å². The number of amides is 3. The molecule has 8 nitrogen and oxygen atoms in total. The number of aromatic nitrogens is 1. The second kappa shape index (κ2) is 7.78. The molecule has 9 heteroatoms. The van der Waals surface area contributed by atoms with E-state index < -0.39 is 17.5 Å². The number of halogens is 1. The van der Waals surface area contributed by atoms with Crippen LogP contribution in [-0.2, 0) is 11.3 Å². The monoisotopic (exact) mass is 439 g/mol. The first kappa shape index (κ1) is 20.4. The number of carbonyl (C=O) groups excluding carboxylic acids is 2. The zero-order valence-corrected chi connectivity index (χ0v) is 17.4. The molecule has 1 aromatic heterocycles. The largest absolute Gasteiger partial charge is 0.497 e. The molecule has 0 aliphatic carbocycles. The Hall–Kier alpha value is -3.83. The molecule has 0 radical (unpaired) electrons. The van der Waals surface area contributed by atoms with Crippen LogP contribution >= 0.6 is 11.6 Å². The first-order chi connectivity index (χ1) is 14.8. The van der Waals surface area contributed by atoms with E-state index >= 15 is 0 Å². The minimum Gasteiger partial charge on any atom is -0.497 e. The van der Waals surface area contributed by atoms with E-state index in [1.54, 1.807) is 42.6 Å². The molecule has 1 saturated heterocycles. The number of hydrogen-bond acceptors (Lipinski definition) is 5. The molecule has 3 N–H and O–H groups in total. The molecule has 0 saturated carbocycles. The maximum absolute atomic E-state index is 12.7. The number of carbonyl (C=O) groups is 2. The fraction of sp³-hybridized carbons (Fsp3) is 0.182. The lowest BCUT2D eigenvalue weighted by Gasteiger charge is -2.21. The third-order valence-corrected chi connectivity index (χ3v) is 5.22. The number of urea groups is 1. The topological polar surface area (TPSA) is 102 Å².